The van der Waals surface area contributed by atoms with Gasteiger partial charge in [-0.25, -0.2) is 4.39 Å². The largest absolute Gasteiger partial charge is 0.339 e. The van der Waals surface area contributed by atoms with Crippen LogP contribution in [-0.2, 0) is 0 Å². The molecule has 19 heavy (non-hydrogen) atoms. The molecule has 1 amide bonds. The standard InChI is InChI=1S/C14H16Cl2FNO/c1-9(15)10-4-6-18(7-5-10)14(19)11-2-3-12(16)13(17)8-11/h2-3,8-10H,4-7H2,1H3. The van der Waals surface area contributed by atoms with Gasteiger partial charge < -0.3 is 4.90 Å². The summed E-state index contributed by atoms with van der Waals surface area (Å²) in [4.78, 5) is 14.0. The van der Waals surface area contributed by atoms with E-state index >= 15 is 0 Å². The Bertz CT molecular complexity index is 471. The van der Waals surface area contributed by atoms with Crippen LogP contribution in [0.2, 0.25) is 5.02 Å². The molecule has 0 bridgehead atoms. The molecule has 1 fully saturated rings. The van der Waals surface area contributed by atoms with E-state index < -0.39 is 5.82 Å². The summed E-state index contributed by atoms with van der Waals surface area (Å²) in [5, 5.41) is 0.163. The van der Waals surface area contributed by atoms with Crippen molar-refractivity contribution in [1.29, 1.82) is 0 Å². The first-order valence-corrected chi connectivity index (χ1v) is 7.19. The summed E-state index contributed by atoms with van der Waals surface area (Å²) in [5.74, 6) is -0.249. The minimum absolute atomic E-state index is 0.0335. The number of rotatable bonds is 2. The van der Waals surface area contributed by atoms with Gasteiger partial charge in [0.05, 0.1) is 5.02 Å². The van der Waals surface area contributed by atoms with Gasteiger partial charge in [0.15, 0.2) is 0 Å². The lowest BCUT2D eigenvalue weighted by molar-refractivity contribution is 0.0689. The third-order valence-corrected chi connectivity index (χ3v) is 4.31. The van der Waals surface area contributed by atoms with Gasteiger partial charge in [0, 0.05) is 24.0 Å². The fraction of sp³-hybridized carbons (Fsp3) is 0.500. The number of carbonyl (C=O) groups is 1. The van der Waals surface area contributed by atoms with E-state index in [2.05, 4.69) is 0 Å². The Labute approximate surface area is 122 Å². The highest BCUT2D eigenvalue weighted by Crippen LogP contribution is 2.25. The molecule has 0 spiro atoms. The van der Waals surface area contributed by atoms with Crippen molar-refractivity contribution in [1.82, 2.24) is 4.90 Å². The minimum Gasteiger partial charge on any atom is -0.339 e. The Morgan fingerprint density at radius 2 is 2.05 bits per heavy atom. The van der Waals surface area contributed by atoms with Crippen molar-refractivity contribution in [3.63, 3.8) is 0 Å². The van der Waals surface area contributed by atoms with Crippen LogP contribution in [0.1, 0.15) is 30.1 Å². The van der Waals surface area contributed by atoms with E-state index in [0.717, 1.165) is 12.8 Å². The predicted molar refractivity (Wildman–Crippen MR) is 75.4 cm³/mol. The SMILES string of the molecule is CC(Cl)C1CCN(C(=O)c2ccc(Cl)c(F)c2)CC1. The molecular weight excluding hydrogens is 288 g/mol. The van der Waals surface area contributed by atoms with Crippen LogP contribution in [0.3, 0.4) is 0 Å². The molecule has 2 nitrogen and oxygen atoms in total. The normalized spacial score (nSPS) is 18.4. The van der Waals surface area contributed by atoms with E-state index in [1.807, 2.05) is 6.92 Å². The zero-order valence-corrected chi connectivity index (χ0v) is 12.2. The van der Waals surface area contributed by atoms with Gasteiger partial charge in [-0.3, -0.25) is 4.79 Å². The van der Waals surface area contributed by atoms with E-state index in [1.165, 1.54) is 12.1 Å². The quantitative estimate of drug-likeness (QED) is 0.757. The number of amides is 1. The number of piperidine rings is 1. The lowest BCUT2D eigenvalue weighted by Crippen LogP contribution is -2.40. The number of likely N-dealkylation sites (tertiary alicyclic amines) is 1. The summed E-state index contributed by atoms with van der Waals surface area (Å²) in [7, 11) is 0. The molecule has 104 valence electrons. The Hall–Kier alpha value is -0.800. The van der Waals surface area contributed by atoms with E-state index in [1.54, 1.807) is 11.0 Å². The average Bonchev–Trinajstić information content (AvgIpc) is 2.41. The van der Waals surface area contributed by atoms with E-state index in [-0.39, 0.29) is 16.3 Å². The maximum absolute atomic E-state index is 13.4. The molecule has 0 aliphatic carbocycles. The molecule has 1 aliphatic rings. The topological polar surface area (TPSA) is 20.3 Å². The third-order valence-electron chi connectivity index (χ3n) is 3.64. The first-order chi connectivity index (χ1) is 8.99. The van der Waals surface area contributed by atoms with E-state index in [9.17, 15) is 9.18 Å². The highest BCUT2D eigenvalue weighted by Gasteiger charge is 2.26. The van der Waals surface area contributed by atoms with Crippen LogP contribution in [0.4, 0.5) is 4.39 Å². The number of carbonyl (C=O) groups excluding carboxylic acids is 1. The van der Waals surface area contributed by atoms with Crippen molar-refractivity contribution in [2.24, 2.45) is 5.92 Å². The highest BCUT2D eigenvalue weighted by atomic mass is 35.5. The van der Waals surface area contributed by atoms with Crippen LogP contribution >= 0.6 is 23.2 Å². The Kier molecular flexibility index (Phi) is 4.69. The Morgan fingerprint density at radius 3 is 2.58 bits per heavy atom. The molecule has 1 saturated heterocycles. The molecule has 1 atom stereocenters. The van der Waals surface area contributed by atoms with Gasteiger partial charge >= 0.3 is 0 Å². The average molecular weight is 304 g/mol. The molecule has 0 radical (unpaired) electrons. The van der Waals surface area contributed by atoms with Crippen LogP contribution < -0.4 is 0 Å². The molecule has 0 N–H and O–H groups in total. The molecule has 2 rings (SSSR count). The lowest BCUT2D eigenvalue weighted by atomic mass is 9.93. The van der Waals surface area contributed by atoms with Crippen molar-refractivity contribution < 1.29 is 9.18 Å². The second kappa shape index (κ2) is 6.10. The van der Waals surface area contributed by atoms with Crippen LogP contribution in [-0.4, -0.2) is 29.3 Å². The number of nitrogens with zero attached hydrogens (tertiary/aromatic N) is 1. The first-order valence-electron chi connectivity index (χ1n) is 6.37. The monoisotopic (exact) mass is 303 g/mol. The van der Waals surface area contributed by atoms with Crippen LogP contribution in [0.5, 0.6) is 0 Å². The van der Waals surface area contributed by atoms with Crippen molar-refractivity contribution in [2.75, 3.05) is 13.1 Å². The third kappa shape index (κ3) is 3.40. The summed E-state index contributed by atoms with van der Waals surface area (Å²) in [5.41, 5.74) is 0.347. The van der Waals surface area contributed by atoms with Gasteiger partial charge in [0.1, 0.15) is 5.82 Å². The molecule has 1 heterocycles. The maximum Gasteiger partial charge on any atom is 0.253 e. The van der Waals surface area contributed by atoms with Crippen molar-refractivity contribution in [3.8, 4) is 0 Å². The van der Waals surface area contributed by atoms with E-state index in [4.69, 9.17) is 23.2 Å². The van der Waals surface area contributed by atoms with Gasteiger partial charge in [0.25, 0.3) is 5.91 Å². The summed E-state index contributed by atoms with van der Waals surface area (Å²) >= 11 is 11.7. The van der Waals surface area contributed by atoms with Crippen molar-refractivity contribution >= 4 is 29.1 Å². The zero-order chi connectivity index (χ0) is 14.0. The van der Waals surface area contributed by atoms with Crippen LogP contribution in [0.15, 0.2) is 18.2 Å². The van der Waals surface area contributed by atoms with Gasteiger partial charge in [0.2, 0.25) is 0 Å². The molecule has 1 unspecified atom stereocenters. The lowest BCUT2D eigenvalue weighted by Gasteiger charge is -2.33. The second-order valence-corrected chi connectivity index (χ2v) is 6.03. The smallest absolute Gasteiger partial charge is 0.253 e. The summed E-state index contributed by atoms with van der Waals surface area (Å²) in [6.45, 7) is 3.33. The van der Waals surface area contributed by atoms with E-state index in [0.29, 0.717) is 24.6 Å². The first kappa shape index (κ1) is 14.6. The summed E-state index contributed by atoms with van der Waals surface area (Å²) in [6.07, 6.45) is 1.79. The number of hydrogen-bond donors (Lipinski definition) is 0. The molecule has 1 aliphatic heterocycles. The molecule has 0 saturated carbocycles. The molecular formula is C14H16Cl2FNO. The number of benzene rings is 1. The molecule has 1 aromatic rings. The number of halogens is 3. The van der Waals surface area contributed by atoms with Crippen LogP contribution in [0.25, 0.3) is 0 Å². The summed E-state index contributed by atoms with van der Waals surface area (Å²) < 4.78 is 13.4. The molecule has 0 aromatic heterocycles. The minimum atomic E-state index is -0.559. The maximum atomic E-state index is 13.4. The van der Waals surface area contributed by atoms with Crippen LogP contribution in [0, 0.1) is 11.7 Å². The Balaban J connectivity index is 2.03. The number of hydrogen-bond acceptors (Lipinski definition) is 1. The van der Waals surface area contributed by atoms with Crippen molar-refractivity contribution in [3.05, 3.63) is 34.6 Å². The van der Waals surface area contributed by atoms with Gasteiger partial charge in [-0.15, -0.1) is 11.6 Å². The predicted octanol–water partition coefficient (Wildman–Crippen LogP) is 3.96. The fourth-order valence-electron chi connectivity index (χ4n) is 2.37. The fourth-order valence-corrected chi connectivity index (χ4v) is 2.74. The Morgan fingerprint density at radius 1 is 1.42 bits per heavy atom. The van der Waals surface area contributed by atoms with Gasteiger partial charge in [-0.1, -0.05) is 11.6 Å². The zero-order valence-electron chi connectivity index (χ0n) is 10.7. The number of alkyl halides is 1. The molecule has 1 aromatic carbocycles. The van der Waals surface area contributed by atoms with Gasteiger partial charge in [-0.2, -0.15) is 0 Å². The highest BCUT2D eigenvalue weighted by molar-refractivity contribution is 6.30. The summed E-state index contributed by atoms with van der Waals surface area (Å²) in [6, 6.07) is 4.17. The van der Waals surface area contributed by atoms with Gasteiger partial charge in [-0.05, 0) is 43.9 Å². The van der Waals surface area contributed by atoms with Crippen molar-refractivity contribution in [2.45, 2.75) is 25.1 Å². The molecule has 5 heteroatoms. The second-order valence-electron chi connectivity index (χ2n) is 4.94.